The van der Waals surface area contributed by atoms with Crippen LogP contribution in [0.15, 0.2) is 0 Å². The smallest absolute Gasteiger partial charge is 0.0195 e. The van der Waals surface area contributed by atoms with E-state index in [1.165, 1.54) is 45.2 Å². The summed E-state index contributed by atoms with van der Waals surface area (Å²) in [5.74, 6) is 0. The lowest BCUT2D eigenvalue weighted by molar-refractivity contribution is 0.0936. The first-order valence-electron chi connectivity index (χ1n) is 6.26. The molecule has 2 heterocycles. The summed E-state index contributed by atoms with van der Waals surface area (Å²) in [6.45, 7) is 7.30. The van der Waals surface area contributed by atoms with Crippen LogP contribution < -0.4 is 5.32 Å². The Morgan fingerprint density at radius 1 is 1.07 bits per heavy atom. The molecular weight excluding hydrogens is 172 g/mol. The van der Waals surface area contributed by atoms with Crippen LogP contribution in [0.25, 0.3) is 0 Å². The van der Waals surface area contributed by atoms with Gasteiger partial charge in [-0.25, -0.2) is 0 Å². The van der Waals surface area contributed by atoms with Crippen molar-refractivity contribution in [2.45, 2.75) is 64.1 Å². The van der Waals surface area contributed by atoms with Gasteiger partial charge in [-0.05, 0) is 46.1 Å². The van der Waals surface area contributed by atoms with Crippen LogP contribution in [0.3, 0.4) is 0 Å². The van der Waals surface area contributed by atoms with Gasteiger partial charge in [-0.3, -0.25) is 4.90 Å². The van der Waals surface area contributed by atoms with Crippen molar-refractivity contribution in [1.29, 1.82) is 0 Å². The van der Waals surface area contributed by atoms with Crippen LogP contribution in [0.1, 0.15) is 46.0 Å². The zero-order valence-electron chi connectivity index (χ0n) is 9.63. The topological polar surface area (TPSA) is 15.3 Å². The van der Waals surface area contributed by atoms with Gasteiger partial charge in [-0.1, -0.05) is 6.42 Å². The van der Waals surface area contributed by atoms with Crippen molar-refractivity contribution in [1.82, 2.24) is 10.2 Å². The molecule has 0 radical (unpaired) electrons. The third-order valence-corrected chi connectivity index (χ3v) is 3.97. The zero-order chi connectivity index (χ0) is 9.97. The molecule has 0 aromatic heterocycles. The van der Waals surface area contributed by atoms with E-state index in [1.54, 1.807) is 0 Å². The monoisotopic (exact) mass is 196 g/mol. The average Bonchev–Trinajstić information content (AvgIpc) is 2.64. The maximum absolute atomic E-state index is 3.60. The molecule has 3 atom stereocenters. The molecule has 0 aromatic rings. The zero-order valence-corrected chi connectivity index (χ0v) is 9.63. The number of nitrogens with one attached hydrogen (secondary N) is 1. The summed E-state index contributed by atoms with van der Waals surface area (Å²) in [4.78, 5) is 2.71. The van der Waals surface area contributed by atoms with Crippen molar-refractivity contribution in [3.63, 3.8) is 0 Å². The van der Waals surface area contributed by atoms with Gasteiger partial charge in [-0.2, -0.15) is 0 Å². The third kappa shape index (κ3) is 2.29. The minimum Gasteiger partial charge on any atom is -0.313 e. The van der Waals surface area contributed by atoms with E-state index in [9.17, 15) is 0 Å². The van der Waals surface area contributed by atoms with Gasteiger partial charge < -0.3 is 5.32 Å². The number of hydrogen-bond donors (Lipinski definition) is 1. The van der Waals surface area contributed by atoms with Gasteiger partial charge in [0.2, 0.25) is 0 Å². The summed E-state index contributed by atoms with van der Waals surface area (Å²) in [5.41, 5.74) is 0. The predicted octanol–water partition coefficient (Wildman–Crippen LogP) is 2.00. The van der Waals surface area contributed by atoms with Gasteiger partial charge >= 0.3 is 0 Å². The highest BCUT2D eigenvalue weighted by Crippen LogP contribution is 2.23. The quantitative estimate of drug-likeness (QED) is 0.726. The Labute approximate surface area is 88.1 Å². The van der Waals surface area contributed by atoms with E-state index >= 15 is 0 Å². The lowest BCUT2D eigenvalue weighted by Gasteiger charge is -2.40. The molecule has 2 rings (SSSR count). The van der Waals surface area contributed by atoms with Gasteiger partial charge in [0.1, 0.15) is 0 Å². The molecule has 2 nitrogen and oxygen atoms in total. The van der Waals surface area contributed by atoms with Crippen LogP contribution in [0.4, 0.5) is 0 Å². The minimum atomic E-state index is 0.776. The fourth-order valence-corrected chi connectivity index (χ4v) is 3.00. The summed E-state index contributed by atoms with van der Waals surface area (Å²) in [6, 6.07) is 2.39. The Morgan fingerprint density at radius 2 is 1.79 bits per heavy atom. The molecule has 2 fully saturated rings. The van der Waals surface area contributed by atoms with E-state index in [4.69, 9.17) is 0 Å². The summed E-state index contributed by atoms with van der Waals surface area (Å²) in [5, 5.41) is 3.60. The van der Waals surface area contributed by atoms with Crippen LogP contribution in [0.2, 0.25) is 0 Å². The number of rotatable bonds is 2. The van der Waals surface area contributed by atoms with E-state index in [0.717, 1.165) is 18.1 Å². The summed E-state index contributed by atoms with van der Waals surface area (Å²) in [6.07, 6.45) is 6.99. The molecule has 14 heavy (non-hydrogen) atoms. The molecular formula is C12H24N2. The van der Waals surface area contributed by atoms with Gasteiger partial charge in [0, 0.05) is 24.7 Å². The van der Waals surface area contributed by atoms with Crippen LogP contribution in [-0.2, 0) is 0 Å². The van der Waals surface area contributed by atoms with E-state index in [0.29, 0.717) is 0 Å². The molecule has 2 aliphatic rings. The number of nitrogens with zero attached hydrogens (tertiary/aromatic N) is 1. The highest BCUT2D eigenvalue weighted by Gasteiger charge is 2.27. The second-order valence-corrected chi connectivity index (χ2v) is 5.12. The van der Waals surface area contributed by atoms with Gasteiger partial charge in [0.25, 0.3) is 0 Å². The molecule has 2 aliphatic heterocycles. The Balaban J connectivity index is 1.86. The predicted molar refractivity (Wildman–Crippen MR) is 60.5 cm³/mol. The van der Waals surface area contributed by atoms with E-state index in [-0.39, 0.29) is 0 Å². The summed E-state index contributed by atoms with van der Waals surface area (Å²) >= 11 is 0. The van der Waals surface area contributed by atoms with Gasteiger partial charge in [0.15, 0.2) is 0 Å². The van der Waals surface area contributed by atoms with Crippen molar-refractivity contribution < 1.29 is 0 Å². The maximum atomic E-state index is 3.60. The second kappa shape index (κ2) is 4.63. The molecule has 2 saturated heterocycles. The van der Waals surface area contributed by atoms with Crippen LogP contribution in [0.5, 0.6) is 0 Å². The summed E-state index contributed by atoms with van der Waals surface area (Å²) in [7, 11) is 0. The van der Waals surface area contributed by atoms with Crippen LogP contribution in [0, 0.1) is 0 Å². The Morgan fingerprint density at radius 3 is 2.36 bits per heavy atom. The molecule has 2 heteroatoms. The molecule has 0 bridgehead atoms. The second-order valence-electron chi connectivity index (χ2n) is 5.12. The fraction of sp³-hybridized carbons (Fsp3) is 1.00. The standard InChI is InChI=1S/C12H24N2/c1-10-5-3-6-11(2)14(10)9-12-7-4-8-13-12/h10-13H,3-9H2,1-2H3/t10-,11+,12-/m1/s1. The van der Waals surface area contributed by atoms with Crippen molar-refractivity contribution in [2.75, 3.05) is 13.1 Å². The first kappa shape index (κ1) is 10.4. The van der Waals surface area contributed by atoms with Crippen LogP contribution >= 0.6 is 0 Å². The third-order valence-electron chi connectivity index (χ3n) is 3.97. The Hall–Kier alpha value is -0.0800. The van der Waals surface area contributed by atoms with Crippen molar-refractivity contribution in [2.24, 2.45) is 0 Å². The average molecular weight is 196 g/mol. The number of hydrogen-bond acceptors (Lipinski definition) is 2. The first-order chi connectivity index (χ1) is 6.77. The SMILES string of the molecule is C[C@@H]1CCC[C@H](C)N1C[C@H]1CCCN1. The number of likely N-dealkylation sites (tertiary alicyclic amines) is 1. The lowest BCUT2D eigenvalue weighted by Crippen LogP contribution is -2.49. The molecule has 0 amide bonds. The molecule has 0 saturated carbocycles. The van der Waals surface area contributed by atoms with Crippen molar-refractivity contribution >= 4 is 0 Å². The lowest BCUT2D eigenvalue weighted by atomic mass is 9.96. The maximum Gasteiger partial charge on any atom is 0.0195 e. The van der Waals surface area contributed by atoms with E-state index in [1.807, 2.05) is 0 Å². The molecule has 0 aliphatic carbocycles. The largest absolute Gasteiger partial charge is 0.313 e. The molecule has 82 valence electrons. The van der Waals surface area contributed by atoms with Gasteiger partial charge in [0.05, 0.1) is 0 Å². The minimum absolute atomic E-state index is 0.776. The Bertz CT molecular complexity index is 165. The number of piperidine rings is 1. The van der Waals surface area contributed by atoms with Gasteiger partial charge in [-0.15, -0.1) is 0 Å². The molecule has 0 unspecified atom stereocenters. The first-order valence-corrected chi connectivity index (χ1v) is 6.26. The molecule has 0 aromatic carbocycles. The van der Waals surface area contributed by atoms with Crippen LogP contribution in [-0.4, -0.2) is 36.1 Å². The van der Waals surface area contributed by atoms with E-state index < -0.39 is 0 Å². The highest BCUT2D eigenvalue weighted by molar-refractivity contribution is 4.85. The van der Waals surface area contributed by atoms with Crippen molar-refractivity contribution in [3.8, 4) is 0 Å². The molecule has 1 N–H and O–H groups in total. The normalized spacial score (nSPS) is 40.3. The summed E-state index contributed by atoms with van der Waals surface area (Å²) < 4.78 is 0. The Kier molecular flexibility index (Phi) is 3.45. The fourth-order valence-electron chi connectivity index (χ4n) is 3.00. The molecule has 0 spiro atoms. The highest BCUT2D eigenvalue weighted by atomic mass is 15.2. The van der Waals surface area contributed by atoms with E-state index in [2.05, 4.69) is 24.1 Å². The van der Waals surface area contributed by atoms with Crippen molar-refractivity contribution in [3.05, 3.63) is 0 Å².